The second-order valence-corrected chi connectivity index (χ2v) is 4.65. The quantitative estimate of drug-likeness (QED) is 0.805. The molecule has 16 heavy (non-hydrogen) atoms. The van der Waals surface area contributed by atoms with Gasteiger partial charge in [0.15, 0.2) is 0 Å². The standard InChI is InChI=1S/C12H22N4/c1-3-16-10-12(7-14-16)9-15-5-4-11(8-15)6-13-2/h7,10-11,13H,3-6,8-9H2,1-2H3. The summed E-state index contributed by atoms with van der Waals surface area (Å²) in [5.74, 6) is 0.825. The minimum atomic E-state index is 0.825. The topological polar surface area (TPSA) is 33.1 Å². The zero-order valence-electron chi connectivity index (χ0n) is 10.3. The molecule has 0 saturated carbocycles. The maximum absolute atomic E-state index is 4.31. The highest BCUT2D eigenvalue weighted by Gasteiger charge is 2.21. The van der Waals surface area contributed by atoms with Crippen molar-refractivity contribution < 1.29 is 0 Å². The minimum Gasteiger partial charge on any atom is -0.319 e. The van der Waals surface area contributed by atoms with Crippen LogP contribution in [0.4, 0.5) is 0 Å². The van der Waals surface area contributed by atoms with E-state index in [4.69, 9.17) is 0 Å². The van der Waals surface area contributed by atoms with Crippen LogP contribution in [0.5, 0.6) is 0 Å². The molecule has 0 radical (unpaired) electrons. The van der Waals surface area contributed by atoms with Crippen LogP contribution in [0.2, 0.25) is 0 Å². The zero-order valence-corrected chi connectivity index (χ0v) is 10.3. The first-order valence-corrected chi connectivity index (χ1v) is 6.20. The molecule has 1 aliphatic heterocycles. The number of rotatable bonds is 5. The second-order valence-electron chi connectivity index (χ2n) is 4.65. The van der Waals surface area contributed by atoms with Crippen LogP contribution < -0.4 is 5.32 Å². The van der Waals surface area contributed by atoms with Crippen molar-refractivity contribution in [3.63, 3.8) is 0 Å². The van der Waals surface area contributed by atoms with Crippen LogP contribution in [-0.4, -0.2) is 41.4 Å². The number of nitrogens with zero attached hydrogens (tertiary/aromatic N) is 3. The van der Waals surface area contributed by atoms with E-state index in [0.29, 0.717) is 0 Å². The largest absolute Gasteiger partial charge is 0.319 e. The number of aromatic nitrogens is 2. The van der Waals surface area contributed by atoms with Crippen molar-refractivity contribution in [2.75, 3.05) is 26.7 Å². The summed E-state index contributed by atoms with van der Waals surface area (Å²) in [6.45, 7) is 7.73. The van der Waals surface area contributed by atoms with Gasteiger partial charge in [-0.1, -0.05) is 0 Å². The average molecular weight is 222 g/mol. The zero-order chi connectivity index (χ0) is 11.4. The fourth-order valence-electron chi connectivity index (χ4n) is 2.43. The van der Waals surface area contributed by atoms with Gasteiger partial charge in [-0.25, -0.2) is 0 Å². The van der Waals surface area contributed by atoms with Crippen molar-refractivity contribution in [3.05, 3.63) is 18.0 Å². The Kier molecular flexibility index (Phi) is 3.96. The number of aryl methyl sites for hydroxylation is 1. The fraction of sp³-hybridized carbons (Fsp3) is 0.750. The molecular formula is C12H22N4. The molecule has 0 amide bonds. The first kappa shape index (κ1) is 11.6. The number of hydrogen-bond acceptors (Lipinski definition) is 3. The number of hydrogen-bond donors (Lipinski definition) is 1. The van der Waals surface area contributed by atoms with Gasteiger partial charge in [-0.15, -0.1) is 0 Å². The van der Waals surface area contributed by atoms with Crippen molar-refractivity contribution in [3.8, 4) is 0 Å². The Bertz CT molecular complexity index is 321. The van der Waals surface area contributed by atoms with Crippen molar-refractivity contribution >= 4 is 0 Å². The molecule has 0 spiro atoms. The van der Waals surface area contributed by atoms with Gasteiger partial charge >= 0.3 is 0 Å². The fourth-order valence-corrected chi connectivity index (χ4v) is 2.43. The maximum Gasteiger partial charge on any atom is 0.0534 e. The molecule has 4 heteroatoms. The van der Waals surface area contributed by atoms with Gasteiger partial charge in [0.2, 0.25) is 0 Å². The molecule has 0 bridgehead atoms. The van der Waals surface area contributed by atoms with E-state index in [1.165, 1.54) is 25.1 Å². The molecule has 1 unspecified atom stereocenters. The molecule has 1 N–H and O–H groups in total. The molecule has 1 atom stereocenters. The molecule has 4 nitrogen and oxygen atoms in total. The summed E-state index contributed by atoms with van der Waals surface area (Å²) in [4.78, 5) is 2.53. The number of likely N-dealkylation sites (tertiary alicyclic amines) is 1. The summed E-state index contributed by atoms with van der Waals surface area (Å²) in [5, 5.41) is 7.57. The lowest BCUT2D eigenvalue weighted by Crippen LogP contribution is -2.24. The van der Waals surface area contributed by atoms with Gasteiger partial charge in [0, 0.05) is 31.4 Å². The molecule has 90 valence electrons. The third-order valence-electron chi connectivity index (χ3n) is 3.28. The Morgan fingerprint density at radius 1 is 1.56 bits per heavy atom. The molecule has 2 rings (SSSR count). The smallest absolute Gasteiger partial charge is 0.0534 e. The van der Waals surface area contributed by atoms with Gasteiger partial charge in [0.25, 0.3) is 0 Å². The third-order valence-corrected chi connectivity index (χ3v) is 3.28. The lowest BCUT2D eigenvalue weighted by atomic mass is 10.1. The predicted octanol–water partition coefficient (Wildman–Crippen LogP) is 0.944. The van der Waals surface area contributed by atoms with Crippen LogP contribution in [0.3, 0.4) is 0 Å². The predicted molar refractivity (Wildman–Crippen MR) is 65.2 cm³/mol. The van der Waals surface area contributed by atoms with Gasteiger partial charge in [-0.3, -0.25) is 9.58 Å². The molecule has 1 saturated heterocycles. The SMILES string of the molecule is CCn1cc(CN2CCC(CNC)C2)cn1. The first-order valence-electron chi connectivity index (χ1n) is 6.20. The molecule has 1 aromatic rings. The van der Waals surface area contributed by atoms with E-state index in [2.05, 4.69) is 28.4 Å². The van der Waals surface area contributed by atoms with Crippen molar-refractivity contribution in [1.82, 2.24) is 20.0 Å². The lowest BCUT2D eigenvalue weighted by Gasteiger charge is -2.14. The Labute approximate surface area is 97.6 Å². The molecule has 1 fully saturated rings. The van der Waals surface area contributed by atoms with E-state index in [-0.39, 0.29) is 0 Å². The Hall–Kier alpha value is -0.870. The highest BCUT2D eigenvalue weighted by molar-refractivity contribution is 5.04. The Balaban J connectivity index is 1.82. The Morgan fingerprint density at radius 3 is 3.12 bits per heavy atom. The van der Waals surface area contributed by atoms with Crippen molar-refractivity contribution in [2.24, 2.45) is 5.92 Å². The molecule has 1 aliphatic rings. The summed E-state index contributed by atoms with van der Waals surface area (Å²) in [6.07, 6.45) is 5.48. The van der Waals surface area contributed by atoms with Gasteiger partial charge in [0.1, 0.15) is 0 Å². The molecular weight excluding hydrogens is 200 g/mol. The van der Waals surface area contributed by atoms with Crippen LogP contribution in [0, 0.1) is 5.92 Å². The average Bonchev–Trinajstić information content (AvgIpc) is 2.89. The van der Waals surface area contributed by atoms with Crippen molar-refractivity contribution in [2.45, 2.75) is 26.4 Å². The van der Waals surface area contributed by atoms with E-state index >= 15 is 0 Å². The molecule has 0 aromatic carbocycles. The summed E-state index contributed by atoms with van der Waals surface area (Å²) in [6, 6.07) is 0. The maximum atomic E-state index is 4.31. The molecule has 1 aromatic heterocycles. The summed E-state index contributed by atoms with van der Waals surface area (Å²) in [7, 11) is 2.04. The van der Waals surface area contributed by atoms with Crippen LogP contribution in [0.25, 0.3) is 0 Å². The van der Waals surface area contributed by atoms with Crippen LogP contribution in [0.1, 0.15) is 18.9 Å². The van der Waals surface area contributed by atoms with E-state index < -0.39 is 0 Å². The minimum absolute atomic E-state index is 0.825. The molecule has 0 aliphatic carbocycles. The highest BCUT2D eigenvalue weighted by Crippen LogP contribution is 2.17. The van der Waals surface area contributed by atoms with Crippen LogP contribution in [-0.2, 0) is 13.1 Å². The van der Waals surface area contributed by atoms with Gasteiger partial charge in [0.05, 0.1) is 6.20 Å². The van der Waals surface area contributed by atoms with Gasteiger partial charge < -0.3 is 5.32 Å². The van der Waals surface area contributed by atoms with E-state index in [1.807, 2.05) is 17.9 Å². The van der Waals surface area contributed by atoms with Crippen molar-refractivity contribution in [1.29, 1.82) is 0 Å². The molecule has 2 heterocycles. The normalized spacial score (nSPS) is 21.8. The van der Waals surface area contributed by atoms with E-state index in [1.54, 1.807) is 0 Å². The summed E-state index contributed by atoms with van der Waals surface area (Å²) >= 11 is 0. The number of nitrogens with one attached hydrogen (secondary N) is 1. The van der Waals surface area contributed by atoms with E-state index in [0.717, 1.165) is 25.6 Å². The third kappa shape index (κ3) is 2.83. The van der Waals surface area contributed by atoms with Gasteiger partial charge in [-0.05, 0) is 39.4 Å². The monoisotopic (exact) mass is 222 g/mol. The summed E-state index contributed by atoms with van der Waals surface area (Å²) < 4.78 is 2.00. The van der Waals surface area contributed by atoms with Crippen LogP contribution >= 0.6 is 0 Å². The van der Waals surface area contributed by atoms with Crippen LogP contribution in [0.15, 0.2) is 12.4 Å². The first-order chi connectivity index (χ1) is 7.81. The highest BCUT2D eigenvalue weighted by atomic mass is 15.3. The van der Waals surface area contributed by atoms with E-state index in [9.17, 15) is 0 Å². The Morgan fingerprint density at radius 2 is 2.44 bits per heavy atom. The summed E-state index contributed by atoms with van der Waals surface area (Å²) in [5.41, 5.74) is 1.34. The van der Waals surface area contributed by atoms with Gasteiger partial charge in [-0.2, -0.15) is 5.10 Å². The second kappa shape index (κ2) is 5.46. The lowest BCUT2D eigenvalue weighted by molar-refractivity contribution is 0.315.